The second-order valence-electron chi connectivity index (χ2n) is 21.3. The minimum atomic E-state index is -0.275. The molecule has 6 aromatic carbocycles. The summed E-state index contributed by atoms with van der Waals surface area (Å²) in [5.41, 5.74) is 21.1. The molecule has 0 bridgehead atoms. The number of rotatable bonds is 3. The summed E-state index contributed by atoms with van der Waals surface area (Å²) in [5, 5.41) is 2.72. The average Bonchev–Trinajstić information content (AvgIpc) is 3.62. The van der Waals surface area contributed by atoms with Gasteiger partial charge in [-0.3, -0.25) is 4.39 Å². The third-order valence-corrected chi connectivity index (χ3v) is 15.9. The van der Waals surface area contributed by atoms with Gasteiger partial charge in [0.1, 0.15) is 0 Å². The van der Waals surface area contributed by atoms with Crippen LogP contribution in [0.1, 0.15) is 90.1 Å². The van der Waals surface area contributed by atoms with E-state index in [0.29, 0.717) is 0 Å². The molecule has 11 rings (SSSR count). The van der Waals surface area contributed by atoms with Gasteiger partial charge >= 0.3 is 311 Å². The maximum Gasteiger partial charge on any atom is 0.0379 e. The van der Waals surface area contributed by atoms with Crippen molar-refractivity contribution in [1.82, 2.24) is 14.5 Å². The van der Waals surface area contributed by atoms with Crippen LogP contribution in [0.25, 0.3) is 61.1 Å². The zero-order valence-electron chi connectivity index (χ0n) is 40.2. The van der Waals surface area contributed by atoms with E-state index in [2.05, 4.69) is 174 Å². The summed E-state index contributed by atoms with van der Waals surface area (Å²) in [4.78, 5) is 8.86. The number of benzene rings is 6. The Morgan fingerprint density at radius 1 is 0.582 bits per heavy atom. The van der Waals surface area contributed by atoms with Crippen molar-refractivity contribution in [2.75, 3.05) is 0 Å². The molecule has 0 saturated heterocycles. The standard InChI is InChI=1S/C47H44BN2Se.C13H11FN.Ir/c1-45(2,3)31-17-19-39-34(24-31)35-25-33(47(7,8)9)27-37-44(35)50(39)40-22-30(28-13-15-29(16-14-28)38-12-10-11-21-49-38)23-42-43(40)48(37)36-26-32(46(4,5)6)18-20-41(36)51-42;1-9-7-13(15-8-10(9)2)11-3-5-12(14)6-4-11;/h10-15,17-27H,1-9H3;3,5-8H,1-2H3;/q2*-1;. The molecule has 5 heterocycles. The van der Waals surface area contributed by atoms with Gasteiger partial charge in [0.25, 0.3) is 0 Å². The van der Waals surface area contributed by atoms with Crippen molar-refractivity contribution >= 4 is 68.8 Å². The maximum absolute atomic E-state index is 12.7. The van der Waals surface area contributed by atoms with E-state index in [0.717, 1.165) is 28.1 Å². The molecule has 7 heteroatoms. The van der Waals surface area contributed by atoms with Crippen LogP contribution < -0.4 is 25.3 Å². The monoisotopic (exact) mass is 1120 g/mol. The minimum absolute atomic E-state index is 0. The van der Waals surface area contributed by atoms with E-state index in [1.807, 2.05) is 44.4 Å². The van der Waals surface area contributed by atoms with E-state index in [9.17, 15) is 4.39 Å². The Bertz CT molecular complexity index is 3360. The fourth-order valence-corrected chi connectivity index (χ4v) is 11.9. The second kappa shape index (κ2) is 17.3. The topological polar surface area (TPSA) is 30.7 Å². The van der Waals surface area contributed by atoms with Crippen LogP contribution in [0.4, 0.5) is 4.39 Å². The molecule has 0 amide bonds. The molecule has 3 nitrogen and oxygen atoms in total. The number of halogens is 1. The van der Waals surface area contributed by atoms with Gasteiger partial charge in [0, 0.05) is 32.1 Å². The van der Waals surface area contributed by atoms with Gasteiger partial charge in [-0.05, 0) is 25.1 Å². The van der Waals surface area contributed by atoms with Crippen molar-refractivity contribution in [2.45, 2.75) is 92.4 Å². The van der Waals surface area contributed by atoms with E-state index in [1.54, 1.807) is 6.07 Å². The van der Waals surface area contributed by atoms with Crippen LogP contribution in [-0.4, -0.2) is 36.2 Å². The minimum Gasteiger partial charge on any atom is -0.304 e. The summed E-state index contributed by atoms with van der Waals surface area (Å²) < 4.78 is 18.3. The molecule has 337 valence electrons. The number of nitrogens with zero attached hydrogens (tertiary/aromatic N) is 3. The van der Waals surface area contributed by atoms with Gasteiger partial charge in [-0.2, -0.15) is 0 Å². The summed E-state index contributed by atoms with van der Waals surface area (Å²) in [7, 11) is 0. The van der Waals surface area contributed by atoms with Crippen molar-refractivity contribution in [2.24, 2.45) is 0 Å². The van der Waals surface area contributed by atoms with Gasteiger partial charge in [-0.15, -0.1) is 29.8 Å². The summed E-state index contributed by atoms with van der Waals surface area (Å²) in [6.07, 6.45) is 3.67. The first kappa shape index (κ1) is 46.7. The van der Waals surface area contributed by atoms with E-state index in [-0.39, 0.29) is 63.8 Å². The number of hydrogen-bond donors (Lipinski definition) is 0. The zero-order chi connectivity index (χ0) is 46.4. The molecule has 0 spiro atoms. The molecule has 0 fully saturated rings. The summed E-state index contributed by atoms with van der Waals surface area (Å²) >= 11 is 0.167. The molecule has 2 aliphatic heterocycles. The van der Waals surface area contributed by atoms with Crippen LogP contribution in [0, 0.1) is 31.8 Å². The summed E-state index contributed by atoms with van der Waals surface area (Å²) in [6, 6.07) is 50.1. The van der Waals surface area contributed by atoms with Gasteiger partial charge in [-0.1, -0.05) is 11.6 Å². The van der Waals surface area contributed by atoms with Crippen LogP contribution in [0.5, 0.6) is 0 Å². The quantitative estimate of drug-likeness (QED) is 0.130. The number of fused-ring (bicyclic) bond motifs is 7. The Morgan fingerprint density at radius 2 is 1.25 bits per heavy atom. The largest absolute Gasteiger partial charge is 0.304 e. The molecule has 9 aromatic rings. The molecule has 3 aromatic heterocycles. The van der Waals surface area contributed by atoms with E-state index in [4.69, 9.17) is 0 Å². The molecule has 67 heavy (non-hydrogen) atoms. The fourth-order valence-electron chi connectivity index (χ4n) is 9.44. The molecule has 0 unspecified atom stereocenters. The third kappa shape index (κ3) is 8.59. The van der Waals surface area contributed by atoms with Gasteiger partial charge in [0.15, 0.2) is 0 Å². The molecule has 1 radical (unpaired) electrons. The first-order valence-electron chi connectivity index (χ1n) is 23.0. The normalized spacial score (nSPS) is 12.9. The van der Waals surface area contributed by atoms with E-state index < -0.39 is 0 Å². The Kier molecular flexibility index (Phi) is 12.0. The number of aryl methyl sites for hydroxylation is 2. The number of pyridine rings is 2. The molecular weight excluding hydrogens is 1060 g/mol. The molecule has 0 aliphatic carbocycles. The molecule has 2 aliphatic rings. The number of aromatic nitrogens is 3. The van der Waals surface area contributed by atoms with Crippen LogP contribution in [0.15, 0.2) is 134 Å². The predicted octanol–water partition coefficient (Wildman–Crippen LogP) is 11.3. The smallest absolute Gasteiger partial charge is 0.0379 e. The summed E-state index contributed by atoms with van der Waals surface area (Å²) in [5.74, 6) is -0.275. The van der Waals surface area contributed by atoms with E-state index in [1.165, 1.54) is 98.3 Å². The molecule has 0 saturated carbocycles. The molecule has 0 N–H and O–H groups in total. The molecular formula is C60H55BFIrN3Se-2. The van der Waals surface area contributed by atoms with Crippen LogP contribution in [-0.2, 0) is 36.4 Å². The summed E-state index contributed by atoms with van der Waals surface area (Å²) in [6.45, 7) is 25.3. The van der Waals surface area contributed by atoms with Crippen molar-refractivity contribution in [3.8, 4) is 39.3 Å². The van der Waals surface area contributed by atoms with Crippen molar-refractivity contribution in [3.05, 3.63) is 179 Å². The zero-order valence-corrected chi connectivity index (χ0v) is 44.3. The van der Waals surface area contributed by atoms with Crippen LogP contribution in [0.2, 0.25) is 0 Å². The first-order chi connectivity index (χ1) is 31.3. The van der Waals surface area contributed by atoms with Crippen molar-refractivity contribution in [1.29, 1.82) is 0 Å². The van der Waals surface area contributed by atoms with Crippen molar-refractivity contribution < 1.29 is 24.5 Å². The van der Waals surface area contributed by atoms with E-state index >= 15 is 0 Å². The maximum atomic E-state index is 12.7. The third-order valence-electron chi connectivity index (χ3n) is 13.5. The van der Waals surface area contributed by atoms with Gasteiger partial charge in [-0.25, -0.2) is 0 Å². The predicted molar refractivity (Wildman–Crippen MR) is 278 cm³/mol. The van der Waals surface area contributed by atoms with Gasteiger partial charge in [0.05, 0.1) is 0 Å². The van der Waals surface area contributed by atoms with Gasteiger partial charge in [0.2, 0.25) is 0 Å². The number of hydrogen-bond acceptors (Lipinski definition) is 2. The fraction of sp³-hybridized carbons (Fsp3) is 0.233. The Balaban J connectivity index is 0.000000300. The SMILES string of the molecule is CC(C)(C)c1ccc2c(c1)B1c3c(cc(-c4c[c-]c(-c5ccccn5)cc4)cc3-n3c4ccc(C(C)(C)C)cc4c4cc(C(C)(C)C)cc1c43)[Se]2.Cc1cnc(-c2[c-]cc(F)cc2)cc1C.[Ir]. The first-order valence-corrected chi connectivity index (χ1v) is 24.7. The van der Waals surface area contributed by atoms with Crippen LogP contribution in [0.3, 0.4) is 0 Å². The Hall–Kier alpha value is -5.42. The van der Waals surface area contributed by atoms with Gasteiger partial charge < -0.3 is 4.98 Å². The Morgan fingerprint density at radius 3 is 1.91 bits per heavy atom. The molecule has 0 atom stereocenters. The Labute approximate surface area is 416 Å². The van der Waals surface area contributed by atoms with Crippen LogP contribution >= 0.6 is 0 Å². The van der Waals surface area contributed by atoms with Crippen molar-refractivity contribution in [3.63, 3.8) is 0 Å². The second-order valence-corrected chi connectivity index (χ2v) is 23.5. The average molecular weight is 1120 g/mol.